The van der Waals surface area contributed by atoms with Crippen LogP contribution in [0, 0.1) is 0 Å². The Morgan fingerprint density at radius 3 is 2.95 bits per heavy atom. The molecule has 0 atom stereocenters. The second-order valence-corrected chi connectivity index (χ2v) is 4.48. The molecule has 4 rings (SSSR count). The highest BCUT2D eigenvalue weighted by Crippen LogP contribution is 2.36. The number of aromatic nitrogens is 4. The summed E-state index contributed by atoms with van der Waals surface area (Å²) in [5.74, 6) is 2.11. The largest absolute Gasteiger partial charge is 0.472 e. The number of pyridine rings is 2. The summed E-state index contributed by atoms with van der Waals surface area (Å²) in [5, 5.41) is 0. The molecule has 0 bridgehead atoms. The molecule has 6 heteroatoms. The van der Waals surface area contributed by atoms with E-state index in [1.807, 2.05) is 22.8 Å². The zero-order valence-corrected chi connectivity index (χ0v) is 10.5. The Morgan fingerprint density at radius 1 is 1.10 bits per heavy atom. The number of anilines is 1. The molecule has 2 N–H and O–H groups in total. The van der Waals surface area contributed by atoms with Crippen LogP contribution in [0.25, 0.3) is 22.6 Å². The number of imidazole rings is 1. The number of rotatable bonds is 1. The van der Waals surface area contributed by atoms with E-state index in [2.05, 4.69) is 15.0 Å². The van der Waals surface area contributed by atoms with E-state index in [1.54, 1.807) is 24.8 Å². The number of ether oxygens (including phenoxy) is 1. The Balaban J connectivity index is 1.92. The van der Waals surface area contributed by atoms with Crippen LogP contribution in [-0.2, 0) is 6.73 Å². The lowest BCUT2D eigenvalue weighted by Crippen LogP contribution is -2.14. The maximum absolute atomic E-state index is 5.93. The van der Waals surface area contributed by atoms with Crippen molar-refractivity contribution in [3.05, 3.63) is 43.0 Å². The van der Waals surface area contributed by atoms with Crippen molar-refractivity contribution in [1.82, 2.24) is 19.5 Å². The minimum atomic E-state index is 0.399. The van der Waals surface area contributed by atoms with Gasteiger partial charge in [0.1, 0.15) is 17.4 Å². The van der Waals surface area contributed by atoms with Gasteiger partial charge in [-0.15, -0.1) is 0 Å². The predicted octanol–water partition coefficient (Wildman–Crippen LogP) is 1.94. The molecule has 0 aromatic carbocycles. The van der Waals surface area contributed by atoms with Gasteiger partial charge in [0.25, 0.3) is 0 Å². The molecule has 98 valence electrons. The summed E-state index contributed by atoms with van der Waals surface area (Å²) < 4.78 is 7.70. The quantitative estimate of drug-likeness (QED) is 0.727. The minimum absolute atomic E-state index is 0.399. The molecule has 0 amide bonds. The van der Waals surface area contributed by atoms with Gasteiger partial charge in [0.2, 0.25) is 0 Å². The van der Waals surface area contributed by atoms with Crippen LogP contribution in [0.1, 0.15) is 0 Å². The summed E-state index contributed by atoms with van der Waals surface area (Å²) in [4.78, 5) is 12.7. The van der Waals surface area contributed by atoms with Gasteiger partial charge in [0.15, 0.2) is 6.73 Å². The van der Waals surface area contributed by atoms with Gasteiger partial charge in [-0.1, -0.05) is 0 Å². The van der Waals surface area contributed by atoms with Crippen molar-refractivity contribution in [2.75, 3.05) is 5.73 Å². The molecule has 0 aliphatic carbocycles. The molecule has 0 saturated carbocycles. The molecule has 3 aromatic rings. The average Bonchev–Trinajstić information content (AvgIpc) is 2.92. The van der Waals surface area contributed by atoms with Crippen molar-refractivity contribution < 1.29 is 4.74 Å². The van der Waals surface area contributed by atoms with Crippen LogP contribution in [0.2, 0.25) is 0 Å². The second kappa shape index (κ2) is 4.06. The summed E-state index contributed by atoms with van der Waals surface area (Å²) in [6.45, 7) is 0.399. The van der Waals surface area contributed by atoms with Crippen LogP contribution in [0.15, 0.2) is 43.0 Å². The predicted molar refractivity (Wildman–Crippen MR) is 73.7 cm³/mol. The Hall–Kier alpha value is -2.89. The van der Waals surface area contributed by atoms with Gasteiger partial charge < -0.3 is 10.5 Å². The first kappa shape index (κ1) is 11.0. The molecular formula is C14H11N5O. The van der Waals surface area contributed by atoms with E-state index < -0.39 is 0 Å². The topological polar surface area (TPSA) is 78.8 Å². The zero-order chi connectivity index (χ0) is 13.5. The molecule has 3 aromatic heterocycles. The van der Waals surface area contributed by atoms with Crippen LogP contribution in [-0.4, -0.2) is 19.5 Å². The molecule has 4 heterocycles. The molecule has 0 unspecified atom stereocenters. The molecule has 1 aliphatic heterocycles. The first-order valence-electron chi connectivity index (χ1n) is 6.18. The summed E-state index contributed by atoms with van der Waals surface area (Å²) in [7, 11) is 0. The van der Waals surface area contributed by atoms with Crippen LogP contribution >= 0.6 is 0 Å². The molecule has 0 fully saturated rings. The Labute approximate surface area is 114 Å². The number of fused-ring (bicyclic) bond motifs is 3. The number of nitrogens with two attached hydrogens (primary N) is 1. The number of nitrogen functional groups attached to an aromatic ring is 1. The molecule has 0 radical (unpaired) electrons. The first-order chi connectivity index (χ1) is 9.84. The summed E-state index contributed by atoms with van der Waals surface area (Å²) in [6.07, 6.45) is 6.91. The number of hydrogen-bond acceptors (Lipinski definition) is 5. The first-order valence-corrected chi connectivity index (χ1v) is 6.18. The van der Waals surface area contributed by atoms with Crippen molar-refractivity contribution in [2.24, 2.45) is 0 Å². The van der Waals surface area contributed by atoms with Gasteiger partial charge in [0.05, 0.1) is 17.5 Å². The van der Waals surface area contributed by atoms with E-state index in [-0.39, 0.29) is 0 Å². The van der Waals surface area contributed by atoms with Crippen LogP contribution in [0.4, 0.5) is 5.82 Å². The fraction of sp³-hybridized carbons (Fsp3) is 0.0714. The standard InChI is InChI=1S/C14H11N5O/c15-13-9(2-1-4-17-13)11-7-18-14-10-6-16-5-3-12(10)20-8-19(11)14/h1-7H,8H2,(H2,15,17). The molecular weight excluding hydrogens is 254 g/mol. The Bertz CT molecular complexity index is 796. The third-order valence-electron chi connectivity index (χ3n) is 3.34. The van der Waals surface area contributed by atoms with Gasteiger partial charge in [0, 0.05) is 24.2 Å². The van der Waals surface area contributed by atoms with Gasteiger partial charge in [-0.3, -0.25) is 9.55 Å². The van der Waals surface area contributed by atoms with Gasteiger partial charge in [-0.05, 0) is 18.2 Å². The molecule has 0 saturated heterocycles. The van der Waals surface area contributed by atoms with Crippen molar-refractivity contribution >= 4 is 5.82 Å². The average molecular weight is 265 g/mol. The van der Waals surface area contributed by atoms with E-state index in [1.165, 1.54) is 0 Å². The summed E-state index contributed by atoms with van der Waals surface area (Å²) >= 11 is 0. The minimum Gasteiger partial charge on any atom is -0.472 e. The van der Waals surface area contributed by atoms with Crippen molar-refractivity contribution in [3.63, 3.8) is 0 Å². The van der Waals surface area contributed by atoms with Crippen LogP contribution < -0.4 is 10.5 Å². The third-order valence-corrected chi connectivity index (χ3v) is 3.34. The summed E-state index contributed by atoms with van der Waals surface area (Å²) in [5.41, 5.74) is 8.55. The molecule has 1 aliphatic rings. The summed E-state index contributed by atoms with van der Waals surface area (Å²) in [6, 6.07) is 5.61. The van der Waals surface area contributed by atoms with Crippen molar-refractivity contribution in [2.45, 2.75) is 6.73 Å². The molecule has 6 nitrogen and oxygen atoms in total. The number of nitrogens with zero attached hydrogens (tertiary/aromatic N) is 4. The normalized spacial score (nSPS) is 12.4. The van der Waals surface area contributed by atoms with Crippen molar-refractivity contribution in [3.8, 4) is 28.4 Å². The maximum atomic E-state index is 5.93. The lowest BCUT2D eigenvalue weighted by atomic mass is 10.2. The van der Waals surface area contributed by atoms with Gasteiger partial charge in [-0.25, -0.2) is 9.97 Å². The van der Waals surface area contributed by atoms with E-state index in [9.17, 15) is 0 Å². The monoisotopic (exact) mass is 265 g/mol. The Kier molecular flexibility index (Phi) is 2.23. The zero-order valence-electron chi connectivity index (χ0n) is 10.5. The lowest BCUT2D eigenvalue weighted by Gasteiger charge is -2.20. The van der Waals surface area contributed by atoms with Crippen molar-refractivity contribution in [1.29, 1.82) is 0 Å². The SMILES string of the molecule is Nc1ncccc1-c1cnc2n1COc1ccncc1-2. The van der Waals surface area contributed by atoms with Gasteiger partial charge in [-0.2, -0.15) is 0 Å². The third kappa shape index (κ3) is 1.48. The lowest BCUT2D eigenvalue weighted by molar-refractivity contribution is 0.231. The van der Waals surface area contributed by atoms with Gasteiger partial charge >= 0.3 is 0 Å². The van der Waals surface area contributed by atoms with E-state index in [0.29, 0.717) is 12.5 Å². The highest BCUT2D eigenvalue weighted by Gasteiger charge is 2.22. The fourth-order valence-electron chi connectivity index (χ4n) is 2.38. The second-order valence-electron chi connectivity index (χ2n) is 4.48. The van der Waals surface area contributed by atoms with E-state index >= 15 is 0 Å². The molecule has 0 spiro atoms. The van der Waals surface area contributed by atoms with Crippen LogP contribution in [0.5, 0.6) is 5.75 Å². The highest BCUT2D eigenvalue weighted by atomic mass is 16.5. The Morgan fingerprint density at radius 2 is 2.05 bits per heavy atom. The van der Waals surface area contributed by atoms with E-state index in [0.717, 1.165) is 28.4 Å². The number of hydrogen-bond donors (Lipinski definition) is 1. The smallest absolute Gasteiger partial charge is 0.167 e. The van der Waals surface area contributed by atoms with E-state index in [4.69, 9.17) is 10.5 Å². The fourth-order valence-corrected chi connectivity index (χ4v) is 2.38. The molecule has 20 heavy (non-hydrogen) atoms. The maximum Gasteiger partial charge on any atom is 0.167 e. The highest BCUT2D eigenvalue weighted by molar-refractivity contribution is 5.75. The van der Waals surface area contributed by atoms with Crippen LogP contribution in [0.3, 0.4) is 0 Å².